The maximum absolute atomic E-state index is 11.6. The molecule has 0 atom stereocenters. The molecule has 0 aliphatic rings. The highest BCUT2D eigenvalue weighted by Gasteiger charge is 2.16. The van der Waals surface area contributed by atoms with Gasteiger partial charge in [0.05, 0.1) is 10.4 Å². The topological polar surface area (TPSA) is 65.2 Å². The first-order valence-corrected chi connectivity index (χ1v) is 8.76. The monoisotopic (exact) mass is 372 g/mol. The molecule has 0 spiro atoms. The average Bonchev–Trinajstić information content (AvgIpc) is 2.85. The molecule has 5 nitrogen and oxygen atoms in total. The fourth-order valence-corrected chi connectivity index (χ4v) is 3.92. The number of thiophene rings is 1. The molecular weight excluding hydrogens is 360 g/mol. The van der Waals surface area contributed by atoms with E-state index in [4.69, 9.17) is 20.8 Å². The van der Waals surface area contributed by atoms with Crippen LogP contribution in [0.2, 0.25) is 5.02 Å². The largest absolute Gasteiger partial charge is 0.436 e. The SMILES string of the molecule is Cc1sc2ncnc(Oc3cc4oc(=O)cc(C)c4cc3Cl)c2c1C. The van der Waals surface area contributed by atoms with E-state index in [1.807, 2.05) is 20.8 Å². The number of fused-ring (bicyclic) bond motifs is 2. The third kappa shape index (κ3) is 2.67. The average molecular weight is 373 g/mol. The number of benzene rings is 1. The van der Waals surface area contributed by atoms with Gasteiger partial charge in [0.2, 0.25) is 5.88 Å². The van der Waals surface area contributed by atoms with Crippen LogP contribution in [-0.2, 0) is 0 Å². The number of hydrogen-bond donors (Lipinski definition) is 0. The fraction of sp³-hybridized carbons (Fsp3) is 0.167. The number of rotatable bonds is 2. The molecule has 1 aromatic carbocycles. The Bertz CT molecular complexity index is 1200. The maximum Gasteiger partial charge on any atom is 0.336 e. The number of ether oxygens (including phenoxy) is 1. The molecule has 0 fully saturated rings. The van der Waals surface area contributed by atoms with Crippen molar-refractivity contribution in [3.8, 4) is 11.6 Å². The third-order valence-electron chi connectivity index (χ3n) is 4.14. The first-order chi connectivity index (χ1) is 11.9. The molecule has 4 rings (SSSR count). The highest BCUT2D eigenvalue weighted by molar-refractivity contribution is 7.18. The van der Waals surface area contributed by atoms with Gasteiger partial charge in [-0.2, -0.15) is 0 Å². The molecule has 3 aromatic heterocycles. The molecule has 0 aliphatic carbocycles. The lowest BCUT2D eigenvalue weighted by molar-refractivity contribution is 0.466. The van der Waals surface area contributed by atoms with Crippen LogP contribution < -0.4 is 10.4 Å². The van der Waals surface area contributed by atoms with E-state index in [0.717, 1.165) is 31.6 Å². The van der Waals surface area contributed by atoms with Crippen molar-refractivity contribution in [3.63, 3.8) is 0 Å². The quantitative estimate of drug-likeness (QED) is 0.454. The van der Waals surface area contributed by atoms with Crippen LogP contribution in [0.15, 0.2) is 33.7 Å². The summed E-state index contributed by atoms with van der Waals surface area (Å²) in [5.41, 5.74) is 1.89. The summed E-state index contributed by atoms with van der Waals surface area (Å²) in [6.07, 6.45) is 1.46. The van der Waals surface area contributed by atoms with E-state index in [1.54, 1.807) is 23.5 Å². The molecule has 4 aromatic rings. The van der Waals surface area contributed by atoms with Gasteiger partial charge in [-0.25, -0.2) is 14.8 Å². The van der Waals surface area contributed by atoms with Crippen LogP contribution in [0.3, 0.4) is 0 Å². The van der Waals surface area contributed by atoms with Gasteiger partial charge in [0.25, 0.3) is 0 Å². The van der Waals surface area contributed by atoms with Gasteiger partial charge < -0.3 is 9.15 Å². The minimum absolute atomic E-state index is 0.381. The van der Waals surface area contributed by atoms with Crippen LogP contribution in [0.5, 0.6) is 11.6 Å². The normalized spacial score (nSPS) is 11.4. The second kappa shape index (κ2) is 5.82. The standard InChI is InChI=1S/C18H13ClN2O3S/c1-8-4-15(22)23-13-6-14(12(19)5-11(8)13)24-17-16-9(2)10(3)25-18(16)21-7-20-17/h4-7H,1-3H3. The van der Waals surface area contributed by atoms with Gasteiger partial charge in [0, 0.05) is 22.4 Å². The highest BCUT2D eigenvalue weighted by Crippen LogP contribution is 2.38. The van der Waals surface area contributed by atoms with Crippen LogP contribution in [0.25, 0.3) is 21.2 Å². The molecule has 3 heterocycles. The van der Waals surface area contributed by atoms with Gasteiger partial charge in [-0.05, 0) is 38.0 Å². The predicted molar refractivity (Wildman–Crippen MR) is 99.2 cm³/mol. The molecule has 0 amide bonds. The van der Waals surface area contributed by atoms with Gasteiger partial charge in [0.15, 0.2) is 5.75 Å². The summed E-state index contributed by atoms with van der Waals surface area (Å²) in [7, 11) is 0. The summed E-state index contributed by atoms with van der Waals surface area (Å²) in [4.78, 5) is 22.2. The molecule has 0 unspecified atom stereocenters. The minimum atomic E-state index is -0.410. The highest BCUT2D eigenvalue weighted by atomic mass is 35.5. The summed E-state index contributed by atoms with van der Waals surface area (Å²) in [5, 5.41) is 2.06. The molecule has 0 aliphatic heterocycles. The summed E-state index contributed by atoms with van der Waals surface area (Å²) in [5.74, 6) is 0.814. The lowest BCUT2D eigenvalue weighted by atomic mass is 10.1. The fourth-order valence-electron chi connectivity index (χ4n) is 2.73. The van der Waals surface area contributed by atoms with E-state index in [2.05, 4.69) is 9.97 Å². The van der Waals surface area contributed by atoms with E-state index in [0.29, 0.717) is 22.2 Å². The first-order valence-electron chi connectivity index (χ1n) is 7.56. The zero-order valence-corrected chi connectivity index (χ0v) is 15.3. The zero-order chi connectivity index (χ0) is 17.7. The lowest BCUT2D eigenvalue weighted by Crippen LogP contribution is -1.98. The van der Waals surface area contributed by atoms with Crippen molar-refractivity contribution >= 4 is 44.1 Å². The summed E-state index contributed by atoms with van der Waals surface area (Å²) < 4.78 is 11.2. The Morgan fingerprint density at radius 3 is 2.76 bits per heavy atom. The minimum Gasteiger partial charge on any atom is -0.436 e. The molecule has 0 saturated carbocycles. The smallest absolute Gasteiger partial charge is 0.336 e. The van der Waals surface area contributed by atoms with Crippen LogP contribution in [-0.4, -0.2) is 9.97 Å². The Labute approximate surface area is 151 Å². The van der Waals surface area contributed by atoms with Gasteiger partial charge in [-0.15, -0.1) is 11.3 Å². The Kier molecular flexibility index (Phi) is 3.74. The Morgan fingerprint density at radius 2 is 1.96 bits per heavy atom. The number of aromatic nitrogens is 2. The molecular formula is C18H13ClN2O3S. The number of nitrogens with zero attached hydrogens (tertiary/aromatic N) is 2. The molecule has 0 radical (unpaired) electrons. The maximum atomic E-state index is 11.6. The van der Waals surface area contributed by atoms with Crippen LogP contribution in [0.4, 0.5) is 0 Å². The molecule has 0 saturated heterocycles. The van der Waals surface area contributed by atoms with E-state index in [1.165, 1.54) is 12.4 Å². The second-order valence-corrected chi connectivity index (χ2v) is 7.38. The third-order valence-corrected chi connectivity index (χ3v) is 5.55. The van der Waals surface area contributed by atoms with E-state index >= 15 is 0 Å². The number of halogens is 1. The number of hydrogen-bond acceptors (Lipinski definition) is 6. The van der Waals surface area contributed by atoms with E-state index < -0.39 is 5.63 Å². The van der Waals surface area contributed by atoms with Gasteiger partial charge in [0.1, 0.15) is 16.7 Å². The van der Waals surface area contributed by atoms with Crippen LogP contribution in [0.1, 0.15) is 16.0 Å². The summed E-state index contributed by atoms with van der Waals surface area (Å²) >= 11 is 7.97. The zero-order valence-electron chi connectivity index (χ0n) is 13.7. The van der Waals surface area contributed by atoms with Crippen molar-refractivity contribution in [2.75, 3.05) is 0 Å². The molecule has 7 heteroatoms. The summed E-state index contributed by atoms with van der Waals surface area (Å²) in [6, 6.07) is 4.79. The van der Waals surface area contributed by atoms with Crippen molar-refractivity contribution in [2.24, 2.45) is 0 Å². The molecule has 126 valence electrons. The van der Waals surface area contributed by atoms with E-state index in [-0.39, 0.29) is 0 Å². The van der Waals surface area contributed by atoms with E-state index in [9.17, 15) is 4.79 Å². The van der Waals surface area contributed by atoms with Crippen molar-refractivity contribution in [3.05, 3.63) is 56.0 Å². The number of aryl methyl sites for hydroxylation is 3. The van der Waals surface area contributed by atoms with Gasteiger partial charge in [-0.3, -0.25) is 0 Å². The van der Waals surface area contributed by atoms with Crippen molar-refractivity contribution in [2.45, 2.75) is 20.8 Å². The van der Waals surface area contributed by atoms with Crippen LogP contribution in [0, 0.1) is 20.8 Å². The lowest BCUT2D eigenvalue weighted by Gasteiger charge is -2.10. The van der Waals surface area contributed by atoms with Crippen molar-refractivity contribution < 1.29 is 9.15 Å². The molecule has 0 N–H and O–H groups in total. The first kappa shape index (κ1) is 16.1. The van der Waals surface area contributed by atoms with Gasteiger partial charge >= 0.3 is 5.63 Å². The van der Waals surface area contributed by atoms with Crippen molar-refractivity contribution in [1.82, 2.24) is 9.97 Å². The Balaban J connectivity index is 1.89. The van der Waals surface area contributed by atoms with Crippen molar-refractivity contribution in [1.29, 1.82) is 0 Å². The predicted octanol–water partition coefficient (Wildman–Crippen LogP) is 5.17. The van der Waals surface area contributed by atoms with Crippen LogP contribution >= 0.6 is 22.9 Å². The molecule has 0 bridgehead atoms. The summed E-state index contributed by atoms with van der Waals surface area (Å²) in [6.45, 7) is 5.88. The van der Waals surface area contributed by atoms with Gasteiger partial charge in [-0.1, -0.05) is 11.6 Å². The molecule has 25 heavy (non-hydrogen) atoms. The Hall–Kier alpha value is -2.44. The Morgan fingerprint density at radius 1 is 1.16 bits per heavy atom. The second-order valence-electron chi connectivity index (χ2n) is 5.77.